The normalized spacial score (nSPS) is 22.9. The summed E-state index contributed by atoms with van der Waals surface area (Å²) >= 11 is 0. The van der Waals surface area contributed by atoms with E-state index in [0.29, 0.717) is 25.9 Å². The molecule has 6 nitrogen and oxygen atoms in total. The van der Waals surface area contributed by atoms with Crippen LogP contribution < -0.4 is 0 Å². The second kappa shape index (κ2) is 8.39. The molecule has 0 aromatic carbocycles. The van der Waals surface area contributed by atoms with Crippen LogP contribution in [0.15, 0.2) is 18.3 Å². The molecule has 162 valence electrons. The highest BCUT2D eigenvalue weighted by Gasteiger charge is 2.46. The molecular weight excluding hydrogens is 403 g/mol. The van der Waals surface area contributed by atoms with Crippen LogP contribution in [0.5, 0.6) is 0 Å². The smallest absolute Gasteiger partial charge is 0.427 e. The molecule has 2 atom stereocenters. The monoisotopic (exact) mass is 424 g/mol. The molecule has 11 heteroatoms. The van der Waals surface area contributed by atoms with E-state index in [0.717, 1.165) is 10.5 Å². The number of rotatable bonds is 4. The van der Waals surface area contributed by atoms with E-state index in [2.05, 4.69) is 9.72 Å². The van der Waals surface area contributed by atoms with E-state index in [1.165, 1.54) is 12.3 Å². The van der Waals surface area contributed by atoms with Crippen LogP contribution in [-0.4, -0.2) is 65.3 Å². The lowest BCUT2D eigenvalue weighted by Crippen LogP contribution is -2.48. The number of alkyl halides is 5. The van der Waals surface area contributed by atoms with Gasteiger partial charge in [-0.05, 0) is 30.9 Å². The van der Waals surface area contributed by atoms with Crippen molar-refractivity contribution in [3.8, 4) is 0 Å². The van der Waals surface area contributed by atoms with Gasteiger partial charge in [0.05, 0.1) is 18.8 Å². The van der Waals surface area contributed by atoms with Gasteiger partial charge in [-0.15, -0.1) is 0 Å². The fraction of sp³-hybridized carbons (Fsp3) is 0.667. The molecule has 0 bridgehead atoms. The molecule has 3 rings (SSSR count). The molecular formula is C18H21F5N2O4. The average Bonchev–Trinajstić information content (AvgIpc) is 3.09. The number of carbonyl (C=O) groups is 1. The zero-order valence-corrected chi connectivity index (χ0v) is 15.4. The number of carbonyl (C=O) groups excluding carboxylic acids is 1. The Balaban J connectivity index is 1.54. The fourth-order valence-corrected chi connectivity index (χ4v) is 3.69. The first-order valence-electron chi connectivity index (χ1n) is 9.15. The minimum Gasteiger partial charge on any atom is -0.434 e. The molecule has 1 N–H and O–H groups in total. The lowest BCUT2D eigenvalue weighted by atomic mass is 9.83. The van der Waals surface area contributed by atoms with E-state index in [1.54, 1.807) is 6.07 Å². The molecule has 3 heterocycles. The SMILES string of the molecule is O=C(OC(CO)C(F)(F)F)N1CCC2(CC1)CC(c1ccc(C(F)F)nc1)CO2. The van der Waals surface area contributed by atoms with E-state index < -0.39 is 37.0 Å². The molecule has 2 saturated heterocycles. The first-order valence-corrected chi connectivity index (χ1v) is 9.15. The number of hydrogen-bond acceptors (Lipinski definition) is 5. The van der Waals surface area contributed by atoms with E-state index in [-0.39, 0.29) is 24.7 Å². The summed E-state index contributed by atoms with van der Waals surface area (Å²) in [6.07, 6.45) is -8.31. The Morgan fingerprint density at radius 2 is 2.03 bits per heavy atom. The molecule has 0 aliphatic carbocycles. The first kappa shape index (κ1) is 21.7. The molecule has 29 heavy (non-hydrogen) atoms. The highest BCUT2D eigenvalue weighted by atomic mass is 19.4. The van der Waals surface area contributed by atoms with Crippen molar-refractivity contribution >= 4 is 6.09 Å². The number of amides is 1. The van der Waals surface area contributed by atoms with Gasteiger partial charge in [-0.25, -0.2) is 13.6 Å². The number of nitrogens with zero attached hydrogens (tertiary/aromatic N) is 2. The highest BCUT2D eigenvalue weighted by Crippen LogP contribution is 2.43. The third-order valence-electron chi connectivity index (χ3n) is 5.42. The van der Waals surface area contributed by atoms with Crippen molar-refractivity contribution in [2.75, 3.05) is 26.3 Å². The van der Waals surface area contributed by atoms with Gasteiger partial charge in [0, 0.05) is 25.2 Å². The van der Waals surface area contributed by atoms with E-state index in [4.69, 9.17) is 9.84 Å². The highest BCUT2D eigenvalue weighted by molar-refractivity contribution is 5.68. The Morgan fingerprint density at radius 1 is 1.34 bits per heavy atom. The quantitative estimate of drug-likeness (QED) is 0.750. The molecule has 0 saturated carbocycles. The number of aliphatic hydroxyl groups is 1. The number of ether oxygens (including phenoxy) is 2. The first-order chi connectivity index (χ1) is 13.6. The van der Waals surface area contributed by atoms with Crippen LogP contribution in [0.25, 0.3) is 0 Å². The van der Waals surface area contributed by atoms with Crippen molar-refractivity contribution in [3.63, 3.8) is 0 Å². The van der Waals surface area contributed by atoms with Crippen LogP contribution in [0.2, 0.25) is 0 Å². The summed E-state index contributed by atoms with van der Waals surface area (Å²) in [7, 11) is 0. The summed E-state index contributed by atoms with van der Waals surface area (Å²) < 4.78 is 73.5. The number of halogens is 5. The van der Waals surface area contributed by atoms with Crippen molar-refractivity contribution in [2.24, 2.45) is 0 Å². The maximum atomic E-state index is 12.6. The Hall–Kier alpha value is -2.01. The Bertz CT molecular complexity index is 705. The second-order valence-electron chi connectivity index (χ2n) is 7.30. The predicted molar refractivity (Wildman–Crippen MR) is 89.5 cm³/mol. The Morgan fingerprint density at radius 3 is 2.55 bits per heavy atom. The van der Waals surface area contributed by atoms with Crippen LogP contribution >= 0.6 is 0 Å². The van der Waals surface area contributed by atoms with Gasteiger partial charge in [-0.2, -0.15) is 13.2 Å². The molecule has 0 radical (unpaired) electrons. The van der Waals surface area contributed by atoms with Crippen molar-refractivity contribution < 1.29 is 41.3 Å². The number of hydrogen-bond donors (Lipinski definition) is 1. The van der Waals surface area contributed by atoms with Gasteiger partial charge in [-0.3, -0.25) is 4.98 Å². The van der Waals surface area contributed by atoms with Crippen LogP contribution in [0.3, 0.4) is 0 Å². The third kappa shape index (κ3) is 4.95. The molecule has 1 aromatic heterocycles. The molecule has 1 amide bonds. The summed E-state index contributed by atoms with van der Waals surface area (Å²) in [4.78, 5) is 16.9. The summed E-state index contributed by atoms with van der Waals surface area (Å²) in [5.74, 6) is -0.0308. The van der Waals surface area contributed by atoms with Crippen LogP contribution in [-0.2, 0) is 9.47 Å². The van der Waals surface area contributed by atoms with Gasteiger partial charge in [0.2, 0.25) is 6.10 Å². The van der Waals surface area contributed by atoms with Crippen molar-refractivity contribution in [2.45, 2.75) is 49.5 Å². The maximum Gasteiger partial charge on any atom is 0.427 e. The average molecular weight is 424 g/mol. The predicted octanol–water partition coefficient (Wildman–Crippen LogP) is 3.42. The molecule has 1 spiro atoms. The minimum absolute atomic E-state index is 0.0308. The Kier molecular flexibility index (Phi) is 6.27. The number of pyridine rings is 1. The van der Waals surface area contributed by atoms with Crippen molar-refractivity contribution in [1.82, 2.24) is 9.88 Å². The van der Waals surface area contributed by atoms with Gasteiger partial charge in [-0.1, -0.05) is 6.07 Å². The minimum atomic E-state index is -4.84. The number of likely N-dealkylation sites (tertiary alicyclic amines) is 1. The Labute approximate surface area is 163 Å². The topological polar surface area (TPSA) is 71.9 Å². The summed E-state index contributed by atoms with van der Waals surface area (Å²) in [5.41, 5.74) is -0.0400. The maximum absolute atomic E-state index is 12.6. The van der Waals surface area contributed by atoms with Gasteiger partial charge >= 0.3 is 12.3 Å². The van der Waals surface area contributed by atoms with Gasteiger partial charge in [0.15, 0.2) is 0 Å². The number of aliphatic hydroxyl groups excluding tert-OH is 1. The lowest BCUT2D eigenvalue weighted by Gasteiger charge is -2.38. The zero-order chi connectivity index (χ0) is 21.2. The molecule has 2 unspecified atom stereocenters. The molecule has 2 aliphatic heterocycles. The summed E-state index contributed by atoms with van der Waals surface area (Å²) in [6.45, 7) is -0.648. The largest absolute Gasteiger partial charge is 0.434 e. The summed E-state index contributed by atoms with van der Waals surface area (Å²) in [5, 5.41) is 8.78. The van der Waals surface area contributed by atoms with Gasteiger partial charge in [0.25, 0.3) is 6.43 Å². The summed E-state index contributed by atoms with van der Waals surface area (Å²) in [6, 6.07) is 2.88. The van der Waals surface area contributed by atoms with Crippen molar-refractivity contribution in [1.29, 1.82) is 0 Å². The number of piperidine rings is 1. The van der Waals surface area contributed by atoms with Crippen LogP contribution in [0.4, 0.5) is 26.7 Å². The zero-order valence-electron chi connectivity index (χ0n) is 15.4. The van der Waals surface area contributed by atoms with Crippen LogP contribution in [0.1, 0.15) is 42.9 Å². The molecule has 2 fully saturated rings. The van der Waals surface area contributed by atoms with E-state index in [9.17, 15) is 26.7 Å². The van der Waals surface area contributed by atoms with Gasteiger partial charge in [0.1, 0.15) is 5.69 Å². The van der Waals surface area contributed by atoms with Gasteiger partial charge < -0.3 is 19.5 Å². The number of aromatic nitrogens is 1. The molecule has 2 aliphatic rings. The molecule has 1 aromatic rings. The van der Waals surface area contributed by atoms with Crippen LogP contribution in [0, 0.1) is 0 Å². The third-order valence-corrected chi connectivity index (χ3v) is 5.42. The van der Waals surface area contributed by atoms with Crippen molar-refractivity contribution in [3.05, 3.63) is 29.6 Å². The standard InChI is InChI=1S/C18H21F5N2O4/c19-15(20)13-2-1-11(8-24-13)12-7-17(28-10-12)3-5-25(6-4-17)16(27)29-14(9-26)18(21,22)23/h1-2,8,12,14-15,26H,3-7,9-10H2. The second-order valence-corrected chi connectivity index (χ2v) is 7.30. The fourth-order valence-electron chi connectivity index (χ4n) is 3.69. The van der Waals surface area contributed by atoms with E-state index in [1.807, 2.05) is 0 Å². The van der Waals surface area contributed by atoms with E-state index >= 15 is 0 Å². The lowest BCUT2D eigenvalue weighted by molar-refractivity contribution is -0.215.